The summed E-state index contributed by atoms with van der Waals surface area (Å²) >= 11 is 0. The molecule has 0 spiro atoms. The highest BCUT2D eigenvalue weighted by Crippen LogP contribution is 2.40. The lowest BCUT2D eigenvalue weighted by molar-refractivity contribution is 0.414. The zero-order chi connectivity index (χ0) is 11.2. The number of hydrogen-bond donors (Lipinski definition) is 0. The number of methoxy groups -OCH3 is 1. The Balaban J connectivity index is 1.79. The Morgan fingerprint density at radius 3 is 2.38 bits per heavy atom. The fraction of sp³-hybridized carbons (Fsp3) is 0.538. The summed E-state index contributed by atoms with van der Waals surface area (Å²) in [4.78, 5) is 1.33. The van der Waals surface area contributed by atoms with Gasteiger partial charge in [0.15, 0.2) is 0 Å². The van der Waals surface area contributed by atoms with Crippen molar-refractivity contribution in [3.05, 3.63) is 24.3 Å². The van der Waals surface area contributed by atoms with Crippen LogP contribution in [0.5, 0.6) is 5.75 Å². The van der Waals surface area contributed by atoms with E-state index in [1.807, 2.05) is 33.7 Å². The van der Waals surface area contributed by atoms with E-state index in [4.69, 9.17) is 4.74 Å². The van der Waals surface area contributed by atoms with Crippen molar-refractivity contribution in [2.24, 2.45) is 0 Å². The third-order valence-corrected chi connectivity index (χ3v) is 5.88. The maximum Gasteiger partial charge on any atom is 0.118 e. The first-order chi connectivity index (χ1) is 7.88. The van der Waals surface area contributed by atoms with Crippen molar-refractivity contribution in [2.75, 3.05) is 7.11 Å². The van der Waals surface area contributed by atoms with Crippen LogP contribution in [0.15, 0.2) is 29.2 Å². The van der Waals surface area contributed by atoms with Crippen LogP contribution in [-0.2, 0) is 0 Å². The Bertz CT molecular complexity index is 304. The van der Waals surface area contributed by atoms with Crippen LogP contribution in [0.3, 0.4) is 0 Å². The van der Waals surface area contributed by atoms with Gasteiger partial charge in [-0.1, -0.05) is 40.9 Å². The van der Waals surface area contributed by atoms with Gasteiger partial charge in [-0.2, -0.15) is 0 Å². The Kier molecular flexibility index (Phi) is 4.91. The van der Waals surface area contributed by atoms with Gasteiger partial charge in [-0.25, -0.2) is 0 Å². The van der Waals surface area contributed by atoms with Gasteiger partial charge in [-0.05, 0) is 37.1 Å². The molecule has 1 fully saturated rings. The third kappa shape index (κ3) is 3.63. The summed E-state index contributed by atoms with van der Waals surface area (Å²) < 4.78 is 5.15. The summed E-state index contributed by atoms with van der Waals surface area (Å²) in [7, 11) is 5.65. The van der Waals surface area contributed by atoms with Gasteiger partial charge in [0.25, 0.3) is 0 Å². The van der Waals surface area contributed by atoms with E-state index in [1.165, 1.54) is 37.0 Å². The van der Waals surface area contributed by atoms with Crippen LogP contribution in [0.2, 0.25) is 0 Å². The maximum absolute atomic E-state index is 5.15. The monoisotopic (exact) mass is 254 g/mol. The summed E-state index contributed by atoms with van der Waals surface area (Å²) in [6.07, 6.45) is 7.06. The summed E-state index contributed by atoms with van der Waals surface area (Å²) in [6.45, 7) is 0. The molecule has 0 amide bonds. The maximum atomic E-state index is 5.15. The average Bonchev–Trinajstić information content (AvgIpc) is 2.38. The molecular formula is C13H18OS2. The molecule has 0 aromatic heterocycles. The number of hydrogen-bond acceptors (Lipinski definition) is 3. The van der Waals surface area contributed by atoms with E-state index in [1.54, 1.807) is 7.11 Å². The predicted octanol–water partition coefficient (Wildman–Crippen LogP) is 4.77. The lowest BCUT2D eigenvalue weighted by Crippen LogP contribution is -2.06. The summed E-state index contributed by atoms with van der Waals surface area (Å²) in [5.41, 5.74) is 0. The molecule has 1 aromatic rings. The third-order valence-electron chi connectivity index (χ3n) is 2.89. The first-order valence-electron chi connectivity index (χ1n) is 5.86. The highest BCUT2D eigenvalue weighted by Gasteiger charge is 2.14. The van der Waals surface area contributed by atoms with E-state index in [0.717, 1.165) is 11.0 Å². The lowest BCUT2D eigenvalue weighted by atomic mass is 10.0. The Morgan fingerprint density at radius 2 is 1.75 bits per heavy atom. The van der Waals surface area contributed by atoms with Gasteiger partial charge in [-0.3, -0.25) is 0 Å². The van der Waals surface area contributed by atoms with E-state index in [-0.39, 0.29) is 0 Å². The molecule has 0 bridgehead atoms. The summed E-state index contributed by atoms with van der Waals surface area (Å²) in [5, 5.41) is 0.862. The second-order valence-electron chi connectivity index (χ2n) is 4.12. The minimum Gasteiger partial charge on any atom is -0.497 e. The lowest BCUT2D eigenvalue weighted by Gasteiger charge is -2.20. The molecule has 0 aliphatic heterocycles. The highest BCUT2D eigenvalue weighted by molar-refractivity contribution is 8.76. The van der Waals surface area contributed by atoms with E-state index in [0.29, 0.717) is 0 Å². The second kappa shape index (κ2) is 6.45. The summed E-state index contributed by atoms with van der Waals surface area (Å²) in [6, 6.07) is 8.34. The first kappa shape index (κ1) is 12.2. The average molecular weight is 254 g/mol. The zero-order valence-electron chi connectivity index (χ0n) is 9.65. The molecule has 0 saturated heterocycles. The molecule has 1 saturated carbocycles. The fourth-order valence-electron chi connectivity index (χ4n) is 1.92. The molecule has 1 aliphatic carbocycles. The highest BCUT2D eigenvalue weighted by atomic mass is 33.1. The van der Waals surface area contributed by atoms with Crippen LogP contribution in [0.4, 0.5) is 0 Å². The molecular weight excluding hydrogens is 236 g/mol. The van der Waals surface area contributed by atoms with Crippen molar-refractivity contribution < 1.29 is 4.74 Å². The van der Waals surface area contributed by atoms with Crippen LogP contribution < -0.4 is 4.74 Å². The molecule has 0 unspecified atom stereocenters. The van der Waals surface area contributed by atoms with Crippen molar-refractivity contribution in [1.82, 2.24) is 0 Å². The van der Waals surface area contributed by atoms with Gasteiger partial charge in [-0.15, -0.1) is 0 Å². The minimum atomic E-state index is 0.862. The predicted molar refractivity (Wildman–Crippen MR) is 73.3 cm³/mol. The van der Waals surface area contributed by atoms with Gasteiger partial charge in [0.1, 0.15) is 5.75 Å². The topological polar surface area (TPSA) is 9.23 Å². The van der Waals surface area contributed by atoms with E-state index in [2.05, 4.69) is 12.1 Å². The fourth-order valence-corrected chi connectivity index (χ4v) is 4.59. The molecule has 0 radical (unpaired) electrons. The van der Waals surface area contributed by atoms with Crippen LogP contribution in [0.25, 0.3) is 0 Å². The van der Waals surface area contributed by atoms with Gasteiger partial charge in [0.2, 0.25) is 0 Å². The SMILES string of the molecule is COc1ccc(SSC2CCCCC2)cc1. The molecule has 16 heavy (non-hydrogen) atoms. The summed E-state index contributed by atoms with van der Waals surface area (Å²) in [5.74, 6) is 0.937. The molecule has 88 valence electrons. The van der Waals surface area contributed by atoms with Crippen LogP contribution in [0.1, 0.15) is 32.1 Å². The quantitative estimate of drug-likeness (QED) is 0.716. The Labute approximate surface area is 106 Å². The minimum absolute atomic E-state index is 0.862. The van der Waals surface area contributed by atoms with Crippen molar-refractivity contribution in [3.8, 4) is 5.75 Å². The normalized spacial score (nSPS) is 17.3. The van der Waals surface area contributed by atoms with Crippen molar-refractivity contribution in [3.63, 3.8) is 0 Å². The standard InChI is InChI=1S/C13H18OS2/c1-14-11-7-9-13(10-8-11)16-15-12-5-3-2-4-6-12/h7-10,12H,2-6H2,1H3. The largest absolute Gasteiger partial charge is 0.497 e. The van der Waals surface area contributed by atoms with Gasteiger partial charge in [0.05, 0.1) is 7.11 Å². The first-order valence-corrected chi connectivity index (χ1v) is 8.07. The molecule has 3 heteroatoms. The van der Waals surface area contributed by atoms with Gasteiger partial charge < -0.3 is 4.74 Å². The van der Waals surface area contributed by atoms with Gasteiger partial charge >= 0.3 is 0 Å². The molecule has 2 rings (SSSR count). The van der Waals surface area contributed by atoms with E-state index in [9.17, 15) is 0 Å². The van der Waals surface area contributed by atoms with Crippen molar-refractivity contribution >= 4 is 21.6 Å². The van der Waals surface area contributed by atoms with Gasteiger partial charge in [0, 0.05) is 10.1 Å². The van der Waals surface area contributed by atoms with Crippen LogP contribution in [-0.4, -0.2) is 12.4 Å². The molecule has 1 aromatic carbocycles. The molecule has 0 N–H and O–H groups in total. The van der Waals surface area contributed by atoms with E-state index >= 15 is 0 Å². The Hall–Kier alpha value is -0.280. The smallest absolute Gasteiger partial charge is 0.118 e. The Morgan fingerprint density at radius 1 is 1.06 bits per heavy atom. The number of benzene rings is 1. The van der Waals surface area contributed by atoms with Crippen molar-refractivity contribution in [2.45, 2.75) is 42.2 Å². The molecule has 1 nitrogen and oxygen atoms in total. The number of rotatable bonds is 4. The van der Waals surface area contributed by atoms with Crippen molar-refractivity contribution in [1.29, 1.82) is 0 Å². The number of ether oxygens (including phenoxy) is 1. The molecule has 1 aliphatic rings. The van der Waals surface area contributed by atoms with Crippen LogP contribution >= 0.6 is 21.6 Å². The molecule has 0 heterocycles. The van der Waals surface area contributed by atoms with E-state index < -0.39 is 0 Å². The zero-order valence-corrected chi connectivity index (χ0v) is 11.3. The molecule has 0 atom stereocenters. The second-order valence-corrected chi connectivity index (χ2v) is 6.69. The van der Waals surface area contributed by atoms with Crippen LogP contribution in [0, 0.1) is 0 Å².